The molecule has 2 aliphatic rings. The molecule has 16 nitrogen and oxygen atoms in total. The number of halogens is 55. The Morgan fingerprint density at radius 2 is 0.728 bits per heavy atom. The standard InChI is InChI=1S/C20H16IN3O4S.C11H12N2O.C8H5IN2O4S.2CH4.I53/c21-14-8-9-16-18(12-14)29(26,27)24-19(23-16)17(25)7-3-5-13-4-1-2-6-15(13)20-22-10-11-28-20;12-6-5-9-3-1-2-4-10(9)11-13-7-8-14-11;9-4-1-2-5-6(3-4)16(14,15)11-7(10-5)8(12)13;;;1-28-30(4)32(6)34(8)36(10)38(12)40(14)42(16)44(18)46(20)48(22)50(24)52(26)53(27)51(25)49(23)47(21)45(19)43(17)41(15)39(13)37(11)35(9)33(7)31(5)29(2)3/h1-2,4,6,8-12H,3,5,7H2,(H,23,24);1-4,7-8H,5-6,12H2;1-3H,(H,10,11)(H,12,13);2*1H4;/q;;;;;-1. The van der Waals surface area contributed by atoms with Gasteiger partial charge in [-0.15, -0.1) is 8.80 Å². The van der Waals surface area contributed by atoms with Crippen molar-refractivity contribution >= 4 is 800 Å². The van der Waals surface area contributed by atoms with Gasteiger partial charge in [-0.05, 0) is 131 Å². The number of Topliss-reactive ketones (excluding diaryl/α,β-unsaturated/α-hetero) is 1. The van der Waals surface area contributed by atoms with Crippen LogP contribution >= 0.6 is 745 Å². The summed E-state index contributed by atoms with van der Waals surface area (Å²) in [5, 5.41) is 14.0. The number of hydrogen-bond acceptors (Lipinski definition) is 13. The van der Waals surface area contributed by atoms with Crippen LogP contribution in [0.4, 0.5) is 11.4 Å². The summed E-state index contributed by atoms with van der Waals surface area (Å²) in [6, 6.07) is 25.3. The number of ketones is 1. The van der Waals surface area contributed by atoms with Crippen molar-refractivity contribution in [2.75, 3.05) is 17.2 Å². The van der Waals surface area contributed by atoms with E-state index >= 15 is 0 Å². The fraction of sp³-hybridized carbons (Fsp3) is 0.171. The molecule has 0 unspecified atom stereocenters. The molecule has 0 spiro atoms. The van der Waals surface area contributed by atoms with Gasteiger partial charge in [0, 0.05) is 24.7 Å². The van der Waals surface area contributed by atoms with Gasteiger partial charge in [-0.1, -0.05) is 51.3 Å². The normalized spacial score (nSPS) is 16.1. The molecule has 0 amide bonds. The fourth-order valence-corrected chi connectivity index (χ4v) is 9860. The number of anilines is 2. The smallest absolute Gasteiger partial charge is 0.372 e. The van der Waals surface area contributed by atoms with Crippen molar-refractivity contribution in [3.63, 3.8) is 0 Å². The Bertz CT molecular complexity index is 4290. The Morgan fingerprint density at radius 3 is 1.03 bits per heavy atom. The molecule has 2 aromatic heterocycles. The number of nitrogens with two attached hydrogens (primary N) is 1. The number of carboxylic acid groups (broad SMARTS) is 1. The van der Waals surface area contributed by atoms with E-state index in [1.807, 2.05) is 93.7 Å². The van der Waals surface area contributed by atoms with Crippen LogP contribution in [0.3, 0.4) is 0 Å². The van der Waals surface area contributed by atoms with E-state index in [2.05, 4.69) is 532 Å². The summed E-state index contributed by atoms with van der Waals surface area (Å²) in [4.78, 5) is 31.6. The number of aryl methyl sites for hydroxylation is 1. The molecule has 0 bridgehead atoms. The van der Waals surface area contributed by atoms with Crippen molar-refractivity contribution in [1.82, 2.24) is 9.97 Å². The first-order valence-electron chi connectivity index (χ1n) is 24.9. The molecule has 4 aromatic carbocycles. The van der Waals surface area contributed by atoms with Crippen LogP contribution < -0.4 is 29.6 Å². The molecule has 0 aliphatic carbocycles. The molecule has 4 heterocycles. The second-order valence-electron chi connectivity index (χ2n) is 16.6. The molecular formula is C41H41I55N7O9S2-. The Hall–Kier alpha value is 33.4. The van der Waals surface area contributed by atoms with Crippen LogP contribution in [0, 0.1) is 7.14 Å². The van der Waals surface area contributed by atoms with Crippen LogP contribution in [0.1, 0.15) is 38.8 Å². The SMILES string of the molecule is C.C.I[I-]I(I)I(I)I(I)I(I)I(I)I(I)I(I)I(I)I(I)I(I)I(I)I(I)I(I)I(I)I(I)I(I)I(I)I(I)I(I)I(I)I(I)I(I)I(I)I(I)I(I)I.NCCc1ccccc1-c1ncco1.O=C(CCCc1ccccc1-c1ncco1)C1=NS(=O)(=O)c2cc(I)ccc2N1.O=C(O)C1=NS(=O)(=O)c2cc(I)ccc2N1. The van der Waals surface area contributed by atoms with Crippen molar-refractivity contribution in [3.8, 4) is 22.9 Å². The number of aromatic nitrogens is 2. The maximum Gasteiger partial charge on any atom is 0.372 e. The summed E-state index contributed by atoms with van der Waals surface area (Å²) in [6.45, 7) is 0.637. The minimum Gasteiger partial charge on any atom is -0.475 e. The predicted octanol–water partition coefficient (Wildman–Crippen LogP) is 51.1. The van der Waals surface area contributed by atoms with E-state index in [-0.39, 0.29) is 48.4 Å². The summed E-state index contributed by atoms with van der Waals surface area (Å²) in [5.41, 5.74) is 10.2. The topological polar surface area (TPSA) is 250 Å². The number of nitrogens with one attached hydrogen (secondary N) is 2. The molecular weight excluding hydrogens is 7780 g/mol. The molecule has 73 heteroatoms. The van der Waals surface area contributed by atoms with E-state index in [1.54, 1.807) is 36.9 Å². The number of carboxylic acids is 1. The van der Waals surface area contributed by atoms with Gasteiger partial charge in [0.25, 0.3) is 20.0 Å². The van der Waals surface area contributed by atoms with Gasteiger partial charge in [-0.3, -0.25) is 4.79 Å². The number of amidine groups is 2. The molecule has 0 saturated carbocycles. The minimum absolute atomic E-state index is 0. The number of oxazole rings is 2. The zero-order chi connectivity index (χ0) is 84.3. The summed E-state index contributed by atoms with van der Waals surface area (Å²) in [7, 11) is -21.2. The third-order valence-electron chi connectivity index (χ3n) is 10.5. The van der Waals surface area contributed by atoms with E-state index in [1.165, 1.54) is 30.0 Å². The van der Waals surface area contributed by atoms with Crippen molar-refractivity contribution in [2.24, 2.45) is 14.5 Å². The summed E-state index contributed by atoms with van der Waals surface area (Å²) >= 11 is 93.3. The third kappa shape index (κ3) is 49.1. The quantitative estimate of drug-likeness (QED) is 0.0270. The average Bonchev–Trinajstić information content (AvgIpc) is 1.27. The predicted molar refractivity (Wildman–Crippen MR) is 980 cm³/mol. The third-order valence-corrected chi connectivity index (χ3v) is 4060. The van der Waals surface area contributed by atoms with Gasteiger partial charge in [0.15, 0.2) is 11.6 Å². The number of fused-ring (bicyclic) bond motifs is 2. The van der Waals surface area contributed by atoms with Crippen LogP contribution in [-0.2, 0) is 42.5 Å². The summed E-state index contributed by atoms with van der Waals surface area (Å²) < 4.78 is 67.1. The average molecular weight is 7820 g/mol. The Labute approximate surface area is 1050 Å². The van der Waals surface area contributed by atoms with Crippen LogP contribution in [0.2, 0.25) is 0 Å². The van der Waals surface area contributed by atoms with Crippen LogP contribution in [0.15, 0.2) is 137 Å². The van der Waals surface area contributed by atoms with Gasteiger partial charge < -0.3 is 30.3 Å². The first-order valence-corrected chi connectivity index (χ1v) is 357. The molecule has 2 aliphatic heterocycles. The van der Waals surface area contributed by atoms with Gasteiger partial charge >= 0.3 is 719 Å². The fourth-order valence-electron chi connectivity index (χ4n) is 6.52. The Kier molecular flexibility index (Phi) is 95.7. The minimum atomic E-state index is -3.92. The number of aliphatic carboxylic acids is 1. The number of sulfonamides is 2. The van der Waals surface area contributed by atoms with Crippen molar-refractivity contribution < 1.29 is 53.6 Å². The van der Waals surface area contributed by atoms with Gasteiger partial charge in [-0.25, -0.2) is 14.8 Å². The number of rotatable bonds is 35. The second kappa shape index (κ2) is 77.1. The molecule has 114 heavy (non-hydrogen) atoms. The van der Waals surface area contributed by atoms with Crippen LogP contribution in [0.25, 0.3) is 22.9 Å². The van der Waals surface area contributed by atoms with Crippen molar-refractivity contribution in [2.45, 2.75) is 50.3 Å². The first-order chi connectivity index (χ1) is 52.4. The number of hydrogen-bond donors (Lipinski definition) is 4. The molecule has 0 radical (unpaired) electrons. The molecule has 692 valence electrons. The molecule has 5 N–H and O–H groups in total. The van der Waals surface area contributed by atoms with E-state index in [0.717, 1.165) is 30.3 Å². The second-order valence-corrected chi connectivity index (χ2v) is 1260. The Balaban J connectivity index is 0.000000450. The van der Waals surface area contributed by atoms with E-state index < -0.39 is 229 Å². The van der Waals surface area contributed by atoms with Gasteiger partial charge in [-0.2, -0.15) is 16.8 Å². The number of nitrogens with zero attached hydrogens (tertiary/aromatic N) is 4. The van der Waals surface area contributed by atoms with Crippen molar-refractivity contribution in [1.29, 1.82) is 0 Å². The van der Waals surface area contributed by atoms with E-state index in [4.69, 9.17) is 19.7 Å². The molecule has 0 fully saturated rings. The summed E-state index contributed by atoms with van der Waals surface area (Å²) in [6.07, 6.45) is 8.50. The van der Waals surface area contributed by atoms with Crippen LogP contribution in [-0.4, -0.2) is 61.9 Å². The van der Waals surface area contributed by atoms with Gasteiger partial charge in [0.2, 0.25) is 17.6 Å². The zero-order valence-electron chi connectivity index (χ0n) is 50.6. The molecule has 0 atom stereocenters. The van der Waals surface area contributed by atoms with E-state index in [9.17, 15) is 26.4 Å². The molecule has 8 rings (SSSR count). The monoisotopic (exact) mass is 7820 g/mol. The van der Waals surface area contributed by atoms with Crippen LogP contribution in [0.5, 0.6) is 0 Å². The number of carbonyl (C=O) groups is 2. The Morgan fingerprint density at radius 1 is 0.430 bits per heavy atom. The first kappa shape index (κ1) is 142. The number of carbonyl (C=O) groups excluding carboxylic acids is 1. The van der Waals surface area contributed by atoms with Gasteiger partial charge in [0.1, 0.15) is 22.3 Å². The zero-order valence-corrected chi connectivity index (χ0v) is 171. The van der Waals surface area contributed by atoms with E-state index in [0.29, 0.717) is 50.1 Å². The largest absolute Gasteiger partial charge is 0.475 e. The molecule has 0 saturated heterocycles. The van der Waals surface area contributed by atoms with Crippen molar-refractivity contribution in [3.05, 3.63) is 128 Å². The maximum absolute atomic E-state index is 12.6. The molecule has 6 aromatic rings. The van der Waals surface area contributed by atoms with Gasteiger partial charge in [0.05, 0.1) is 23.8 Å². The maximum atomic E-state index is 12.6. The summed E-state index contributed by atoms with van der Waals surface area (Å²) in [5.74, 6) is -1.29. The number of benzene rings is 4.